The molecule has 0 saturated carbocycles. The number of hydrogen-bond acceptors (Lipinski definition) is 4. The predicted molar refractivity (Wildman–Crippen MR) is 121 cm³/mol. The molecule has 2 heterocycles. The number of rotatable bonds is 4. The summed E-state index contributed by atoms with van der Waals surface area (Å²) in [5.74, 6) is -0.423. The van der Waals surface area contributed by atoms with Crippen molar-refractivity contribution in [3.05, 3.63) is 81.6 Å². The molecule has 0 unspecified atom stereocenters. The van der Waals surface area contributed by atoms with Crippen molar-refractivity contribution in [1.29, 1.82) is 0 Å². The van der Waals surface area contributed by atoms with Crippen molar-refractivity contribution in [1.82, 2.24) is 0 Å². The summed E-state index contributed by atoms with van der Waals surface area (Å²) in [5.41, 5.74) is 4.51. The van der Waals surface area contributed by atoms with Crippen LogP contribution in [0.3, 0.4) is 0 Å². The number of halogens is 1. The number of carbonyl (C=O) groups is 2. The van der Waals surface area contributed by atoms with Crippen LogP contribution in [0, 0.1) is 13.8 Å². The van der Waals surface area contributed by atoms with Gasteiger partial charge in [-0.15, -0.1) is 0 Å². The van der Waals surface area contributed by atoms with Gasteiger partial charge in [-0.2, -0.15) is 10.1 Å². The van der Waals surface area contributed by atoms with Gasteiger partial charge in [-0.3, -0.25) is 4.79 Å². The SMILES string of the molecule is CC1=NN(c2ccc(C)c(C)c2)C(=O)/C1=C\c1ccc(-c2ccc(Cl)c(C(=O)O)c2)o1. The normalized spacial score (nSPS) is 15.0. The number of aromatic carboxylic acids is 1. The Bertz CT molecular complexity index is 1290. The summed E-state index contributed by atoms with van der Waals surface area (Å²) in [6.07, 6.45) is 1.64. The lowest BCUT2D eigenvalue weighted by Crippen LogP contribution is -2.21. The fraction of sp³-hybridized carbons (Fsp3) is 0.125. The second kappa shape index (κ2) is 7.89. The highest BCUT2D eigenvalue weighted by Gasteiger charge is 2.29. The van der Waals surface area contributed by atoms with E-state index in [1.165, 1.54) is 17.1 Å². The zero-order valence-corrected chi connectivity index (χ0v) is 17.9. The van der Waals surface area contributed by atoms with Gasteiger partial charge in [0.1, 0.15) is 11.5 Å². The van der Waals surface area contributed by atoms with Gasteiger partial charge < -0.3 is 9.52 Å². The van der Waals surface area contributed by atoms with Gasteiger partial charge in [0.15, 0.2) is 0 Å². The first-order valence-corrected chi connectivity index (χ1v) is 9.94. The number of nitrogens with zero attached hydrogens (tertiary/aromatic N) is 2. The number of amides is 1. The minimum absolute atomic E-state index is 0.00606. The molecule has 0 atom stereocenters. The second-order valence-electron chi connectivity index (χ2n) is 7.33. The van der Waals surface area contributed by atoms with Gasteiger partial charge in [0.2, 0.25) is 0 Å². The molecule has 0 saturated heterocycles. The number of carboxylic acids is 1. The van der Waals surface area contributed by atoms with Gasteiger partial charge in [0.25, 0.3) is 5.91 Å². The molecule has 2 aromatic carbocycles. The van der Waals surface area contributed by atoms with Crippen molar-refractivity contribution in [2.24, 2.45) is 5.10 Å². The van der Waals surface area contributed by atoms with Gasteiger partial charge in [-0.25, -0.2) is 4.79 Å². The monoisotopic (exact) mass is 434 g/mol. The summed E-state index contributed by atoms with van der Waals surface area (Å²) in [5, 5.41) is 15.2. The molecule has 4 rings (SSSR count). The summed E-state index contributed by atoms with van der Waals surface area (Å²) in [7, 11) is 0. The van der Waals surface area contributed by atoms with Crippen molar-refractivity contribution in [3.63, 3.8) is 0 Å². The van der Waals surface area contributed by atoms with Crippen LogP contribution in [-0.2, 0) is 4.79 Å². The van der Waals surface area contributed by atoms with E-state index in [0.717, 1.165) is 11.1 Å². The molecular weight excluding hydrogens is 416 g/mol. The molecule has 1 N–H and O–H groups in total. The number of hydrazone groups is 1. The Morgan fingerprint density at radius 3 is 2.55 bits per heavy atom. The largest absolute Gasteiger partial charge is 0.478 e. The molecule has 0 fully saturated rings. The average molecular weight is 435 g/mol. The van der Waals surface area contributed by atoms with E-state index >= 15 is 0 Å². The lowest BCUT2D eigenvalue weighted by Gasteiger charge is -2.13. The summed E-state index contributed by atoms with van der Waals surface area (Å²) >= 11 is 5.94. The van der Waals surface area contributed by atoms with Crippen LogP contribution in [0.1, 0.15) is 34.2 Å². The van der Waals surface area contributed by atoms with E-state index in [2.05, 4.69) is 5.10 Å². The first-order valence-electron chi connectivity index (χ1n) is 9.56. The molecule has 1 aliphatic heterocycles. The molecule has 0 radical (unpaired) electrons. The van der Waals surface area contributed by atoms with Gasteiger partial charge >= 0.3 is 5.97 Å². The number of carbonyl (C=O) groups excluding carboxylic acids is 1. The quantitative estimate of drug-likeness (QED) is 0.532. The molecule has 0 aliphatic carbocycles. The Morgan fingerprint density at radius 1 is 1.06 bits per heavy atom. The minimum Gasteiger partial charge on any atom is -0.478 e. The fourth-order valence-electron chi connectivity index (χ4n) is 3.29. The van der Waals surface area contributed by atoms with Crippen molar-refractivity contribution in [3.8, 4) is 11.3 Å². The topological polar surface area (TPSA) is 83.1 Å². The van der Waals surface area contributed by atoms with Crippen LogP contribution < -0.4 is 5.01 Å². The smallest absolute Gasteiger partial charge is 0.337 e. The molecule has 0 spiro atoms. The number of furan rings is 1. The Labute approximate surface area is 184 Å². The van der Waals surface area contributed by atoms with Crippen molar-refractivity contribution < 1.29 is 19.1 Å². The van der Waals surface area contributed by atoms with E-state index in [4.69, 9.17) is 16.0 Å². The Morgan fingerprint density at radius 2 is 1.84 bits per heavy atom. The van der Waals surface area contributed by atoms with E-state index in [1.54, 1.807) is 31.2 Å². The highest BCUT2D eigenvalue weighted by atomic mass is 35.5. The lowest BCUT2D eigenvalue weighted by molar-refractivity contribution is -0.114. The molecule has 0 bridgehead atoms. The third-order valence-corrected chi connectivity index (χ3v) is 5.52. The summed E-state index contributed by atoms with van der Waals surface area (Å²) in [6.45, 7) is 5.77. The van der Waals surface area contributed by atoms with E-state index in [1.807, 2.05) is 32.0 Å². The first kappa shape index (κ1) is 20.6. The van der Waals surface area contributed by atoms with E-state index in [0.29, 0.717) is 34.1 Å². The number of anilines is 1. The maximum atomic E-state index is 13.0. The average Bonchev–Trinajstić information content (AvgIpc) is 3.30. The summed E-state index contributed by atoms with van der Waals surface area (Å²) in [6, 6.07) is 13.8. The molecule has 1 aromatic heterocycles. The summed E-state index contributed by atoms with van der Waals surface area (Å²) in [4.78, 5) is 24.3. The molecule has 156 valence electrons. The van der Waals surface area contributed by atoms with Crippen LogP contribution in [0.4, 0.5) is 5.69 Å². The van der Waals surface area contributed by atoms with E-state index < -0.39 is 5.97 Å². The maximum Gasteiger partial charge on any atom is 0.337 e. The molecule has 6 nitrogen and oxygen atoms in total. The lowest BCUT2D eigenvalue weighted by atomic mass is 10.1. The van der Waals surface area contributed by atoms with Crippen LogP contribution in [0.25, 0.3) is 17.4 Å². The molecule has 31 heavy (non-hydrogen) atoms. The van der Waals surface area contributed by atoms with Gasteiger partial charge in [0, 0.05) is 5.56 Å². The Balaban J connectivity index is 1.63. The molecule has 7 heteroatoms. The van der Waals surface area contributed by atoms with E-state index in [-0.39, 0.29) is 16.5 Å². The predicted octanol–water partition coefficient (Wildman–Crippen LogP) is 5.72. The fourth-order valence-corrected chi connectivity index (χ4v) is 3.49. The number of hydrogen-bond donors (Lipinski definition) is 1. The van der Waals surface area contributed by atoms with Gasteiger partial charge in [-0.05, 0) is 80.4 Å². The number of aryl methyl sites for hydroxylation is 2. The van der Waals surface area contributed by atoms with Gasteiger partial charge in [0.05, 0.1) is 27.6 Å². The van der Waals surface area contributed by atoms with Crippen LogP contribution in [0.15, 0.2) is 63.6 Å². The first-order chi connectivity index (χ1) is 14.7. The highest BCUT2D eigenvalue weighted by Crippen LogP contribution is 2.30. The third-order valence-electron chi connectivity index (χ3n) is 5.19. The Kier molecular flexibility index (Phi) is 5.25. The third kappa shape index (κ3) is 3.90. The van der Waals surface area contributed by atoms with Crippen molar-refractivity contribution >= 4 is 41.0 Å². The van der Waals surface area contributed by atoms with E-state index in [9.17, 15) is 14.7 Å². The second-order valence-corrected chi connectivity index (χ2v) is 7.74. The van der Waals surface area contributed by atoms with Crippen molar-refractivity contribution in [2.75, 3.05) is 5.01 Å². The zero-order valence-electron chi connectivity index (χ0n) is 17.1. The van der Waals surface area contributed by atoms with Crippen LogP contribution in [0.5, 0.6) is 0 Å². The maximum absolute atomic E-state index is 13.0. The Hall–Kier alpha value is -3.64. The summed E-state index contributed by atoms with van der Waals surface area (Å²) < 4.78 is 5.84. The van der Waals surface area contributed by atoms with Crippen LogP contribution in [0.2, 0.25) is 5.02 Å². The highest BCUT2D eigenvalue weighted by molar-refractivity contribution is 6.33. The van der Waals surface area contributed by atoms with Crippen LogP contribution in [-0.4, -0.2) is 22.7 Å². The zero-order chi connectivity index (χ0) is 22.3. The number of benzene rings is 2. The van der Waals surface area contributed by atoms with Crippen molar-refractivity contribution in [2.45, 2.75) is 20.8 Å². The molecular formula is C24H19ClN2O4. The van der Waals surface area contributed by atoms with Crippen LogP contribution >= 0.6 is 11.6 Å². The molecule has 1 amide bonds. The molecule has 3 aromatic rings. The molecule has 1 aliphatic rings. The number of carboxylic acid groups (broad SMARTS) is 1. The minimum atomic E-state index is -1.12. The van der Waals surface area contributed by atoms with Gasteiger partial charge in [-0.1, -0.05) is 17.7 Å². The standard InChI is InChI=1S/C24H19ClN2O4/c1-13-4-6-17(10-14(13)2)27-23(28)19(15(3)26-27)12-18-7-9-22(31-18)16-5-8-21(25)20(11-16)24(29)30/h4-12H,1-3H3,(H,29,30)/b19-12-.